The minimum absolute atomic E-state index is 0.322. The Morgan fingerprint density at radius 2 is 2.36 bits per heavy atom. The van der Waals surface area contributed by atoms with Crippen molar-refractivity contribution in [2.75, 3.05) is 0 Å². The summed E-state index contributed by atoms with van der Waals surface area (Å²) < 4.78 is 1.69. The van der Waals surface area contributed by atoms with Gasteiger partial charge in [0.25, 0.3) is 0 Å². The summed E-state index contributed by atoms with van der Waals surface area (Å²) in [5, 5.41) is 13.3. The van der Waals surface area contributed by atoms with Crippen molar-refractivity contribution in [1.82, 2.24) is 9.78 Å². The van der Waals surface area contributed by atoms with E-state index in [2.05, 4.69) is 5.10 Å². The molecule has 1 unspecified atom stereocenters. The van der Waals surface area contributed by atoms with Crippen molar-refractivity contribution >= 4 is 5.97 Å². The molecule has 1 aliphatic rings. The highest BCUT2D eigenvalue weighted by atomic mass is 16.4. The molecule has 2 rings (SSSR count). The molecule has 4 heteroatoms. The lowest BCUT2D eigenvalue weighted by molar-refractivity contribution is -0.139. The molecule has 0 spiro atoms. The number of hydrogen-bond donors (Lipinski definition) is 1. The van der Waals surface area contributed by atoms with Crippen LogP contribution in [0, 0.1) is 12.8 Å². The summed E-state index contributed by atoms with van der Waals surface area (Å²) in [6.07, 6.45) is 2.06. The lowest BCUT2D eigenvalue weighted by Gasteiger charge is -2.10. The van der Waals surface area contributed by atoms with Gasteiger partial charge in [-0.3, -0.25) is 9.48 Å². The van der Waals surface area contributed by atoms with Crippen molar-refractivity contribution in [3.05, 3.63) is 17.5 Å². The summed E-state index contributed by atoms with van der Waals surface area (Å²) in [5.74, 6) is -0.765. The van der Waals surface area contributed by atoms with Gasteiger partial charge in [0.2, 0.25) is 0 Å². The predicted molar refractivity (Wildman–Crippen MR) is 51.0 cm³/mol. The zero-order valence-corrected chi connectivity index (χ0v) is 8.40. The van der Waals surface area contributed by atoms with Gasteiger partial charge in [-0.15, -0.1) is 0 Å². The van der Waals surface area contributed by atoms with Crippen LogP contribution >= 0.6 is 0 Å². The Bertz CT molecular complexity index is 366. The van der Waals surface area contributed by atoms with Gasteiger partial charge in [-0.1, -0.05) is 0 Å². The van der Waals surface area contributed by atoms with Crippen LogP contribution in [-0.4, -0.2) is 20.9 Å². The third-order valence-corrected chi connectivity index (χ3v) is 2.72. The van der Waals surface area contributed by atoms with E-state index >= 15 is 0 Å². The lowest BCUT2D eigenvalue weighted by atomic mass is 10.00. The van der Waals surface area contributed by atoms with Crippen molar-refractivity contribution in [1.29, 1.82) is 0 Å². The summed E-state index contributed by atoms with van der Waals surface area (Å²) >= 11 is 0. The van der Waals surface area contributed by atoms with Gasteiger partial charge in [0, 0.05) is 7.05 Å². The first-order chi connectivity index (χ1) is 6.59. The minimum Gasteiger partial charge on any atom is -0.481 e. The van der Waals surface area contributed by atoms with Crippen molar-refractivity contribution < 1.29 is 9.90 Å². The molecule has 1 aromatic heterocycles. The predicted octanol–water partition coefficient (Wildman–Crippen LogP) is 1.31. The maximum atomic E-state index is 11.1. The van der Waals surface area contributed by atoms with Gasteiger partial charge in [-0.2, -0.15) is 5.10 Å². The second-order valence-corrected chi connectivity index (χ2v) is 3.99. The molecule has 1 aromatic rings. The van der Waals surface area contributed by atoms with Crippen molar-refractivity contribution in [3.8, 4) is 0 Å². The number of carboxylic acids is 1. The Kier molecular flexibility index (Phi) is 2.06. The van der Waals surface area contributed by atoms with Crippen LogP contribution in [0.15, 0.2) is 6.07 Å². The maximum Gasteiger partial charge on any atom is 0.312 e. The smallest absolute Gasteiger partial charge is 0.312 e. The maximum absolute atomic E-state index is 11.1. The van der Waals surface area contributed by atoms with E-state index in [0.29, 0.717) is 5.92 Å². The number of aromatic nitrogens is 2. The molecule has 0 aromatic carbocycles. The van der Waals surface area contributed by atoms with Crippen LogP contribution in [0.4, 0.5) is 0 Å². The molecule has 76 valence electrons. The molecule has 1 atom stereocenters. The Labute approximate surface area is 82.5 Å². The van der Waals surface area contributed by atoms with E-state index < -0.39 is 5.97 Å². The van der Waals surface area contributed by atoms with E-state index in [1.165, 1.54) is 0 Å². The van der Waals surface area contributed by atoms with Gasteiger partial charge in [0.05, 0.1) is 11.4 Å². The van der Waals surface area contributed by atoms with E-state index in [4.69, 9.17) is 5.11 Å². The van der Waals surface area contributed by atoms with E-state index in [-0.39, 0.29) is 5.92 Å². The summed E-state index contributed by atoms with van der Waals surface area (Å²) in [6, 6.07) is 1.87. The quantitative estimate of drug-likeness (QED) is 0.789. The number of rotatable bonds is 3. The molecule has 1 heterocycles. The van der Waals surface area contributed by atoms with E-state index in [9.17, 15) is 4.79 Å². The second-order valence-electron chi connectivity index (χ2n) is 3.99. The molecule has 1 N–H and O–H groups in total. The molecule has 0 saturated heterocycles. The van der Waals surface area contributed by atoms with E-state index in [1.807, 2.05) is 13.0 Å². The van der Waals surface area contributed by atoms with Crippen LogP contribution in [-0.2, 0) is 11.8 Å². The number of aliphatic carboxylic acids is 1. The molecule has 1 fully saturated rings. The minimum atomic E-state index is -0.726. The SMILES string of the molecule is Cc1cc(C(C(=O)O)C2CC2)n(C)n1. The van der Waals surface area contributed by atoms with Gasteiger partial charge < -0.3 is 5.11 Å². The highest BCUT2D eigenvalue weighted by Gasteiger charge is 2.39. The summed E-state index contributed by atoms with van der Waals surface area (Å²) in [4.78, 5) is 11.1. The first-order valence-corrected chi connectivity index (χ1v) is 4.83. The average Bonchev–Trinajstić information content (AvgIpc) is 2.81. The largest absolute Gasteiger partial charge is 0.481 e. The number of carbonyl (C=O) groups is 1. The van der Waals surface area contributed by atoms with Crippen LogP contribution in [0.25, 0.3) is 0 Å². The normalized spacial score (nSPS) is 18.1. The molecular formula is C10H14N2O2. The highest BCUT2D eigenvalue weighted by Crippen LogP contribution is 2.42. The zero-order valence-electron chi connectivity index (χ0n) is 8.40. The molecule has 0 bridgehead atoms. The first-order valence-electron chi connectivity index (χ1n) is 4.83. The number of nitrogens with zero attached hydrogens (tertiary/aromatic N) is 2. The number of aryl methyl sites for hydroxylation is 2. The summed E-state index contributed by atoms with van der Waals surface area (Å²) in [6.45, 7) is 1.88. The molecule has 14 heavy (non-hydrogen) atoms. The Morgan fingerprint density at radius 1 is 1.71 bits per heavy atom. The molecule has 1 saturated carbocycles. The summed E-state index contributed by atoms with van der Waals surface area (Å²) in [5.41, 5.74) is 1.71. The van der Waals surface area contributed by atoms with Gasteiger partial charge in [0.15, 0.2) is 0 Å². The summed E-state index contributed by atoms with van der Waals surface area (Å²) in [7, 11) is 1.81. The van der Waals surface area contributed by atoms with Crippen molar-refractivity contribution in [2.45, 2.75) is 25.7 Å². The second kappa shape index (κ2) is 3.12. The van der Waals surface area contributed by atoms with Crippen molar-refractivity contribution in [2.24, 2.45) is 13.0 Å². The topological polar surface area (TPSA) is 55.1 Å². The number of hydrogen-bond acceptors (Lipinski definition) is 2. The lowest BCUT2D eigenvalue weighted by Crippen LogP contribution is -2.17. The Morgan fingerprint density at radius 3 is 2.71 bits per heavy atom. The van der Waals surface area contributed by atoms with Gasteiger partial charge in [-0.25, -0.2) is 0 Å². The fourth-order valence-electron chi connectivity index (χ4n) is 1.92. The molecule has 0 radical (unpaired) electrons. The number of carboxylic acid groups (broad SMARTS) is 1. The fourth-order valence-corrected chi connectivity index (χ4v) is 1.92. The third kappa shape index (κ3) is 1.52. The molecule has 4 nitrogen and oxygen atoms in total. The van der Waals surface area contributed by atoms with Crippen molar-refractivity contribution in [3.63, 3.8) is 0 Å². The third-order valence-electron chi connectivity index (χ3n) is 2.72. The van der Waals surface area contributed by atoms with E-state index in [1.54, 1.807) is 11.7 Å². The molecular weight excluding hydrogens is 180 g/mol. The average molecular weight is 194 g/mol. The molecule has 1 aliphatic carbocycles. The van der Waals surface area contributed by atoms with Crippen LogP contribution < -0.4 is 0 Å². The van der Waals surface area contributed by atoms with Crippen LogP contribution in [0.3, 0.4) is 0 Å². The van der Waals surface area contributed by atoms with Crippen LogP contribution in [0.1, 0.15) is 30.1 Å². The van der Waals surface area contributed by atoms with Crippen LogP contribution in [0.5, 0.6) is 0 Å². The van der Waals surface area contributed by atoms with Gasteiger partial charge >= 0.3 is 5.97 Å². The standard InChI is InChI=1S/C10H14N2O2/c1-6-5-8(12(2)11-6)9(10(13)14)7-3-4-7/h5,7,9H,3-4H2,1-2H3,(H,13,14). The first kappa shape index (κ1) is 9.24. The zero-order chi connectivity index (χ0) is 10.3. The monoisotopic (exact) mass is 194 g/mol. The Balaban J connectivity index is 2.34. The Hall–Kier alpha value is -1.32. The highest BCUT2D eigenvalue weighted by molar-refractivity contribution is 5.76. The van der Waals surface area contributed by atoms with E-state index in [0.717, 1.165) is 24.2 Å². The fraction of sp³-hybridized carbons (Fsp3) is 0.600. The van der Waals surface area contributed by atoms with Gasteiger partial charge in [0.1, 0.15) is 5.92 Å². The molecule has 0 amide bonds. The molecule has 0 aliphatic heterocycles. The van der Waals surface area contributed by atoms with Crippen LogP contribution in [0.2, 0.25) is 0 Å². The van der Waals surface area contributed by atoms with Gasteiger partial charge in [-0.05, 0) is 31.7 Å².